The van der Waals surface area contributed by atoms with Gasteiger partial charge in [0.1, 0.15) is 17.2 Å². The van der Waals surface area contributed by atoms with Gasteiger partial charge in [-0.3, -0.25) is 0 Å². The molecule has 7 heteroatoms. The van der Waals surface area contributed by atoms with Crippen LogP contribution in [-0.2, 0) is 16.1 Å². The first kappa shape index (κ1) is 21.7. The van der Waals surface area contributed by atoms with E-state index >= 15 is 0 Å². The first-order valence-electron chi connectivity index (χ1n) is 9.75. The summed E-state index contributed by atoms with van der Waals surface area (Å²) < 4.78 is 39.4. The summed E-state index contributed by atoms with van der Waals surface area (Å²) in [6, 6.07) is 10.2. The molecule has 0 radical (unpaired) electrons. The third-order valence-corrected chi connectivity index (χ3v) is 4.78. The second-order valence-electron chi connectivity index (χ2n) is 8.22. The van der Waals surface area contributed by atoms with Crippen LogP contribution in [0, 0.1) is 23.0 Å². The highest BCUT2D eigenvalue weighted by Gasteiger charge is 2.30. The average molecular weight is 414 g/mol. The molecule has 1 atom stereocenters. The Morgan fingerprint density at radius 2 is 2.00 bits per heavy atom. The molecule has 1 saturated heterocycles. The number of rotatable bonds is 4. The lowest BCUT2D eigenvalue weighted by Gasteiger charge is -2.24. The van der Waals surface area contributed by atoms with E-state index in [1.54, 1.807) is 43.9 Å². The van der Waals surface area contributed by atoms with E-state index in [1.807, 2.05) is 0 Å². The molecule has 1 amide bonds. The number of nitrogens with zero attached hydrogens (tertiary/aromatic N) is 2. The monoisotopic (exact) mass is 414 g/mol. The number of carbonyl (C=O) groups is 1. The van der Waals surface area contributed by atoms with Gasteiger partial charge in [-0.15, -0.1) is 0 Å². The fourth-order valence-corrected chi connectivity index (χ4v) is 3.36. The molecule has 158 valence electrons. The van der Waals surface area contributed by atoms with Crippen molar-refractivity contribution >= 4 is 6.09 Å². The summed E-state index contributed by atoms with van der Waals surface area (Å²) in [6.45, 7) is 6.34. The highest BCUT2D eigenvalue weighted by Crippen LogP contribution is 2.30. The zero-order valence-corrected chi connectivity index (χ0v) is 17.2. The highest BCUT2D eigenvalue weighted by molar-refractivity contribution is 5.71. The Morgan fingerprint density at radius 3 is 2.70 bits per heavy atom. The number of hydrogen-bond acceptors (Lipinski definition) is 4. The highest BCUT2D eigenvalue weighted by atomic mass is 19.1. The van der Waals surface area contributed by atoms with Crippen LogP contribution in [0.25, 0.3) is 11.1 Å². The van der Waals surface area contributed by atoms with Crippen molar-refractivity contribution in [3.63, 3.8) is 0 Å². The Hall–Kier alpha value is -2.98. The van der Waals surface area contributed by atoms with Crippen LogP contribution >= 0.6 is 0 Å². The third-order valence-electron chi connectivity index (χ3n) is 4.78. The predicted octanol–water partition coefficient (Wildman–Crippen LogP) is 5.03. The van der Waals surface area contributed by atoms with Gasteiger partial charge in [-0.25, -0.2) is 13.6 Å². The minimum Gasteiger partial charge on any atom is -0.444 e. The van der Waals surface area contributed by atoms with E-state index in [9.17, 15) is 18.8 Å². The molecule has 0 spiro atoms. The SMILES string of the molecule is CC(C)(C)OC(=O)N1CC[C@H](OCc2c(C#N)cccc2-c2cc(F)ccc2F)C1. The van der Waals surface area contributed by atoms with Crippen molar-refractivity contribution in [3.8, 4) is 17.2 Å². The van der Waals surface area contributed by atoms with Crippen molar-refractivity contribution in [2.75, 3.05) is 13.1 Å². The molecule has 1 aliphatic rings. The second kappa shape index (κ2) is 8.80. The lowest BCUT2D eigenvalue weighted by atomic mass is 9.95. The Balaban J connectivity index is 1.76. The van der Waals surface area contributed by atoms with Gasteiger partial charge in [-0.1, -0.05) is 12.1 Å². The van der Waals surface area contributed by atoms with Gasteiger partial charge < -0.3 is 14.4 Å². The van der Waals surface area contributed by atoms with Crippen molar-refractivity contribution in [1.82, 2.24) is 4.90 Å². The number of ether oxygens (including phenoxy) is 2. The molecule has 0 unspecified atom stereocenters. The van der Waals surface area contributed by atoms with E-state index in [1.165, 1.54) is 0 Å². The molecule has 0 saturated carbocycles. The molecule has 0 aromatic heterocycles. The molecular formula is C23H24F2N2O3. The Labute approximate surface area is 174 Å². The molecule has 1 fully saturated rings. The fourth-order valence-electron chi connectivity index (χ4n) is 3.36. The molecule has 2 aromatic carbocycles. The van der Waals surface area contributed by atoms with Crippen molar-refractivity contribution in [1.29, 1.82) is 5.26 Å². The van der Waals surface area contributed by atoms with Gasteiger partial charge >= 0.3 is 6.09 Å². The Bertz CT molecular complexity index is 979. The molecule has 0 aliphatic carbocycles. The molecule has 1 heterocycles. The first-order valence-corrected chi connectivity index (χ1v) is 9.75. The molecule has 3 rings (SSSR count). The molecule has 2 aromatic rings. The van der Waals surface area contributed by atoms with Gasteiger partial charge in [0, 0.05) is 17.7 Å². The van der Waals surface area contributed by atoms with Crippen LogP contribution < -0.4 is 0 Å². The summed E-state index contributed by atoms with van der Waals surface area (Å²) in [4.78, 5) is 13.8. The average Bonchev–Trinajstić information content (AvgIpc) is 3.16. The first-order chi connectivity index (χ1) is 14.2. The summed E-state index contributed by atoms with van der Waals surface area (Å²) in [5, 5.41) is 9.49. The molecular weight excluding hydrogens is 390 g/mol. The number of hydrogen-bond donors (Lipinski definition) is 0. The molecule has 30 heavy (non-hydrogen) atoms. The maximum atomic E-state index is 14.3. The number of benzene rings is 2. The lowest BCUT2D eigenvalue weighted by molar-refractivity contribution is 0.0184. The number of carbonyl (C=O) groups excluding carboxylic acids is 1. The third kappa shape index (κ3) is 5.14. The van der Waals surface area contributed by atoms with Crippen LogP contribution in [0.5, 0.6) is 0 Å². The van der Waals surface area contributed by atoms with E-state index in [4.69, 9.17) is 9.47 Å². The normalized spacial score (nSPS) is 16.4. The quantitative estimate of drug-likeness (QED) is 0.704. The van der Waals surface area contributed by atoms with E-state index in [0.717, 1.165) is 18.2 Å². The molecule has 0 bridgehead atoms. The zero-order chi connectivity index (χ0) is 21.9. The zero-order valence-electron chi connectivity index (χ0n) is 17.2. The number of nitriles is 1. The second-order valence-corrected chi connectivity index (χ2v) is 8.22. The Kier molecular flexibility index (Phi) is 6.37. The van der Waals surface area contributed by atoms with E-state index in [2.05, 4.69) is 6.07 Å². The van der Waals surface area contributed by atoms with Crippen LogP contribution in [0.2, 0.25) is 0 Å². The maximum Gasteiger partial charge on any atom is 0.410 e. The molecule has 5 nitrogen and oxygen atoms in total. The number of halogens is 2. The fraction of sp³-hybridized carbons (Fsp3) is 0.391. The summed E-state index contributed by atoms with van der Waals surface area (Å²) in [7, 11) is 0. The van der Waals surface area contributed by atoms with Crippen LogP contribution in [0.3, 0.4) is 0 Å². The lowest BCUT2D eigenvalue weighted by Crippen LogP contribution is -2.36. The van der Waals surface area contributed by atoms with E-state index in [0.29, 0.717) is 36.2 Å². The van der Waals surface area contributed by atoms with Crippen LogP contribution in [-0.4, -0.2) is 35.8 Å². The maximum absolute atomic E-state index is 14.3. The van der Waals surface area contributed by atoms with Crippen LogP contribution in [0.4, 0.5) is 13.6 Å². The molecule has 1 aliphatic heterocycles. The molecule has 0 N–H and O–H groups in total. The topological polar surface area (TPSA) is 62.6 Å². The standard InChI is InChI=1S/C23H24F2N2O3/c1-23(2,3)30-22(28)27-10-9-17(13-27)29-14-20-15(12-26)5-4-6-18(20)19-11-16(24)7-8-21(19)25/h4-8,11,17H,9-10,13-14H2,1-3H3/t17-/m0/s1. The van der Waals surface area contributed by atoms with E-state index < -0.39 is 23.3 Å². The van der Waals surface area contributed by atoms with Crippen LogP contribution in [0.15, 0.2) is 36.4 Å². The number of likely N-dealkylation sites (tertiary alicyclic amines) is 1. The van der Waals surface area contributed by atoms with Gasteiger partial charge in [0.05, 0.1) is 30.9 Å². The van der Waals surface area contributed by atoms with Crippen molar-refractivity contribution < 1.29 is 23.0 Å². The van der Waals surface area contributed by atoms with Crippen LogP contribution in [0.1, 0.15) is 38.3 Å². The predicted molar refractivity (Wildman–Crippen MR) is 108 cm³/mol. The van der Waals surface area contributed by atoms with Gasteiger partial charge in [-0.2, -0.15) is 5.26 Å². The van der Waals surface area contributed by atoms with Gasteiger partial charge in [0.25, 0.3) is 0 Å². The smallest absolute Gasteiger partial charge is 0.410 e. The van der Waals surface area contributed by atoms with Crippen molar-refractivity contribution in [2.45, 2.75) is 45.5 Å². The summed E-state index contributed by atoms with van der Waals surface area (Å²) in [5.41, 5.74) is 0.727. The van der Waals surface area contributed by atoms with E-state index in [-0.39, 0.29) is 18.3 Å². The van der Waals surface area contributed by atoms with Crippen molar-refractivity contribution in [3.05, 3.63) is 59.2 Å². The summed E-state index contributed by atoms with van der Waals surface area (Å²) >= 11 is 0. The minimum absolute atomic E-state index is 0.0435. The van der Waals surface area contributed by atoms with Crippen molar-refractivity contribution in [2.24, 2.45) is 0 Å². The Morgan fingerprint density at radius 1 is 1.23 bits per heavy atom. The summed E-state index contributed by atoms with van der Waals surface area (Å²) in [6.07, 6.45) is -0.0135. The summed E-state index contributed by atoms with van der Waals surface area (Å²) in [5.74, 6) is -1.14. The van der Waals surface area contributed by atoms with Gasteiger partial charge in [0.15, 0.2) is 0 Å². The minimum atomic E-state index is -0.579. The van der Waals surface area contributed by atoms with Gasteiger partial charge in [-0.05, 0) is 57.0 Å². The number of amides is 1. The largest absolute Gasteiger partial charge is 0.444 e. The van der Waals surface area contributed by atoms with Gasteiger partial charge in [0.2, 0.25) is 0 Å².